The molecule has 0 saturated heterocycles. The Morgan fingerprint density at radius 1 is 1.21 bits per heavy atom. The summed E-state index contributed by atoms with van der Waals surface area (Å²) in [6, 6.07) is 9.70. The number of nitrogens with one attached hydrogen (secondary N) is 1. The minimum absolute atomic E-state index is 0.194. The van der Waals surface area contributed by atoms with Crippen LogP contribution < -0.4 is 10.3 Å². The second kappa shape index (κ2) is 13.0. The highest BCUT2D eigenvalue weighted by atomic mass is 35.5. The largest absolute Gasteiger partial charge is 0.369 e. The van der Waals surface area contributed by atoms with Crippen molar-refractivity contribution in [2.75, 3.05) is 41.8 Å². The third kappa shape index (κ3) is 8.42. The number of benzene rings is 1. The van der Waals surface area contributed by atoms with Crippen molar-refractivity contribution >= 4 is 64.5 Å². The number of amides is 1. The normalized spacial score (nSPS) is 11.0. The average Bonchev–Trinajstić information content (AvgIpc) is 2.72. The number of thioether (sulfide) groups is 2. The average molecular weight is 472 g/mol. The van der Waals surface area contributed by atoms with Crippen LogP contribution in [0.5, 0.6) is 0 Å². The number of rotatable bonds is 11. The van der Waals surface area contributed by atoms with E-state index in [0.29, 0.717) is 16.9 Å². The van der Waals surface area contributed by atoms with E-state index in [1.54, 1.807) is 6.21 Å². The summed E-state index contributed by atoms with van der Waals surface area (Å²) in [5.41, 5.74) is 5.35. The predicted octanol–water partition coefficient (Wildman–Crippen LogP) is 4.03. The summed E-state index contributed by atoms with van der Waals surface area (Å²) in [5.74, 6) is 1.11. The van der Waals surface area contributed by atoms with E-state index in [0.717, 1.165) is 35.1 Å². The van der Waals surface area contributed by atoms with Crippen LogP contribution >= 0.6 is 46.7 Å². The fraction of sp³-hybridized carbons (Fsp3) is 0.368. The second-order valence-corrected chi connectivity index (χ2v) is 8.40. The van der Waals surface area contributed by atoms with E-state index in [1.165, 1.54) is 23.5 Å². The molecular formula is C19H23Cl2N5OS2. The monoisotopic (exact) mass is 471 g/mol. The number of hydrogen-bond acceptors (Lipinski definition) is 7. The lowest BCUT2D eigenvalue weighted by Crippen LogP contribution is -2.27. The zero-order valence-corrected chi connectivity index (χ0v) is 19.4. The maximum Gasteiger partial charge on any atom is 0.250 e. The highest BCUT2D eigenvalue weighted by molar-refractivity contribution is 8.00. The van der Waals surface area contributed by atoms with Gasteiger partial charge in [0.05, 0.1) is 12.0 Å². The van der Waals surface area contributed by atoms with E-state index in [2.05, 4.69) is 25.4 Å². The number of nitrogens with zero attached hydrogens (tertiary/aromatic N) is 4. The van der Waals surface area contributed by atoms with Crippen molar-refractivity contribution in [2.24, 2.45) is 5.10 Å². The number of hydrazone groups is 1. The van der Waals surface area contributed by atoms with Gasteiger partial charge in [-0.3, -0.25) is 4.79 Å². The number of aryl methyl sites for hydroxylation is 1. The zero-order valence-electron chi connectivity index (χ0n) is 16.3. The number of carbonyl (C=O) groups excluding carboxylic acids is 1. The van der Waals surface area contributed by atoms with Gasteiger partial charge in [0.15, 0.2) is 5.16 Å². The molecule has 0 spiro atoms. The Hall–Kier alpha value is -1.48. The van der Waals surface area contributed by atoms with E-state index >= 15 is 0 Å². The third-order valence-corrected chi connectivity index (χ3v) is 5.51. The van der Waals surface area contributed by atoms with Crippen LogP contribution in [0.1, 0.15) is 11.3 Å². The SMILES string of the molecule is CSc1nc(C)cc(SCC(=O)N/N=C\c2ccc(N(CCCl)CCCl)cc2)n1. The molecule has 0 bridgehead atoms. The first-order valence-corrected chi connectivity index (χ1v) is 12.1. The molecule has 0 aliphatic carbocycles. The number of hydrogen-bond donors (Lipinski definition) is 1. The van der Waals surface area contributed by atoms with Gasteiger partial charge in [-0.25, -0.2) is 15.4 Å². The molecule has 10 heteroatoms. The Balaban J connectivity index is 1.84. The number of halogens is 2. The lowest BCUT2D eigenvalue weighted by molar-refractivity contribution is -0.118. The van der Waals surface area contributed by atoms with Crippen LogP contribution in [-0.2, 0) is 4.79 Å². The molecular weight excluding hydrogens is 449 g/mol. The number of alkyl halides is 2. The molecule has 2 rings (SSSR count). The molecule has 0 radical (unpaired) electrons. The van der Waals surface area contributed by atoms with Gasteiger partial charge in [0.1, 0.15) is 5.03 Å². The van der Waals surface area contributed by atoms with Crippen LogP contribution in [0.3, 0.4) is 0 Å². The molecule has 1 N–H and O–H groups in total. The summed E-state index contributed by atoms with van der Waals surface area (Å²) in [7, 11) is 0. The molecule has 0 unspecified atom stereocenters. The fourth-order valence-electron chi connectivity index (χ4n) is 2.37. The molecule has 29 heavy (non-hydrogen) atoms. The minimum atomic E-state index is -0.194. The van der Waals surface area contributed by atoms with E-state index in [4.69, 9.17) is 23.2 Å². The highest BCUT2D eigenvalue weighted by Gasteiger charge is 2.07. The van der Waals surface area contributed by atoms with Gasteiger partial charge in [-0.1, -0.05) is 35.7 Å². The van der Waals surface area contributed by atoms with Crippen molar-refractivity contribution in [3.8, 4) is 0 Å². The standard InChI is InChI=1S/C19H23Cl2N5OS2/c1-14-11-18(24-19(23-14)28-2)29-13-17(27)25-22-12-15-3-5-16(6-4-15)26(9-7-20)10-8-21/h3-6,11-12H,7-10,13H2,1-2H3,(H,25,27)/b22-12-. The van der Waals surface area contributed by atoms with Crippen molar-refractivity contribution in [2.45, 2.75) is 17.1 Å². The lowest BCUT2D eigenvalue weighted by atomic mass is 10.2. The molecule has 2 aromatic rings. The third-order valence-electron chi connectivity index (χ3n) is 3.71. The molecule has 1 amide bonds. The Morgan fingerprint density at radius 3 is 2.52 bits per heavy atom. The molecule has 1 heterocycles. The Labute approximate surface area is 189 Å². The van der Waals surface area contributed by atoms with E-state index < -0.39 is 0 Å². The lowest BCUT2D eigenvalue weighted by Gasteiger charge is -2.22. The predicted molar refractivity (Wildman–Crippen MR) is 125 cm³/mol. The van der Waals surface area contributed by atoms with Crippen molar-refractivity contribution in [3.05, 3.63) is 41.6 Å². The van der Waals surface area contributed by atoms with Crippen LogP contribution in [-0.4, -0.2) is 58.9 Å². The number of anilines is 1. The molecule has 0 saturated carbocycles. The first kappa shape index (κ1) is 23.8. The molecule has 0 aliphatic heterocycles. The summed E-state index contributed by atoms with van der Waals surface area (Å²) < 4.78 is 0. The fourth-order valence-corrected chi connectivity index (χ4v) is 4.01. The van der Waals surface area contributed by atoms with E-state index in [9.17, 15) is 4.79 Å². The van der Waals surface area contributed by atoms with Crippen LogP contribution in [0.4, 0.5) is 5.69 Å². The summed E-state index contributed by atoms with van der Waals surface area (Å²) in [5, 5.41) is 5.49. The van der Waals surface area contributed by atoms with Crippen molar-refractivity contribution < 1.29 is 4.79 Å². The Morgan fingerprint density at radius 2 is 1.90 bits per heavy atom. The van der Waals surface area contributed by atoms with Crippen molar-refractivity contribution in [1.82, 2.24) is 15.4 Å². The summed E-state index contributed by atoms with van der Waals surface area (Å²) >= 11 is 14.5. The topological polar surface area (TPSA) is 70.5 Å². The van der Waals surface area contributed by atoms with Gasteiger partial charge in [0.25, 0.3) is 0 Å². The zero-order chi connectivity index (χ0) is 21.1. The number of aromatic nitrogens is 2. The number of carbonyl (C=O) groups is 1. The molecule has 0 fully saturated rings. The molecule has 6 nitrogen and oxygen atoms in total. The Kier molecular flexibility index (Phi) is 10.6. The van der Waals surface area contributed by atoms with Crippen LogP contribution in [0.15, 0.2) is 45.6 Å². The van der Waals surface area contributed by atoms with Gasteiger partial charge < -0.3 is 4.90 Å². The van der Waals surface area contributed by atoms with Gasteiger partial charge in [-0.2, -0.15) is 5.10 Å². The highest BCUT2D eigenvalue weighted by Crippen LogP contribution is 2.19. The summed E-state index contributed by atoms with van der Waals surface area (Å²) in [6.45, 7) is 3.38. The molecule has 0 aliphatic rings. The van der Waals surface area contributed by atoms with E-state index in [-0.39, 0.29) is 11.7 Å². The van der Waals surface area contributed by atoms with Gasteiger partial charge in [0.2, 0.25) is 5.91 Å². The summed E-state index contributed by atoms with van der Waals surface area (Å²) in [6.07, 6.45) is 3.53. The maximum atomic E-state index is 12.0. The molecule has 156 valence electrons. The van der Waals surface area contributed by atoms with E-state index in [1.807, 2.05) is 43.5 Å². The first-order valence-electron chi connectivity index (χ1n) is 8.87. The Bertz CT molecular complexity index is 815. The smallest absolute Gasteiger partial charge is 0.250 e. The minimum Gasteiger partial charge on any atom is -0.369 e. The van der Waals surface area contributed by atoms with Crippen molar-refractivity contribution in [1.29, 1.82) is 0 Å². The van der Waals surface area contributed by atoms with Gasteiger partial charge >= 0.3 is 0 Å². The van der Waals surface area contributed by atoms with Gasteiger partial charge in [-0.15, -0.1) is 23.2 Å². The van der Waals surface area contributed by atoms with Crippen molar-refractivity contribution in [3.63, 3.8) is 0 Å². The van der Waals surface area contributed by atoms with Gasteiger partial charge in [-0.05, 0) is 36.9 Å². The second-order valence-electron chi connectivity index (χ2n) is 5.87. The molecule has 0 atom stereocenters. The maximum absolute atomic E-state index is 12.0. The first-order chi connectivity index (χ1) is 14.0. The van der Waals surface area contributed by atoms with Crippen LogP contribution in [0.2, 0.25) is 0 Å². The summed E-state index contributed by atoms with van der Waals surface area (Å²) in [4.78, 5) is 22.8. The molecule has 1 aromatic carbocycles. The molecule has 1 aromatic heterocycles. The van der Waals surface area contributed by atoms with Gasteiger partial charge in [0, 0.05) is 36.2 Å². The quantitative estimate of drug-likeness (QED) is 0.133. The van der Waals surface area contributed by atoms with Crippen LogP contribution in [0, 0.1) is 6.92 Å². The van der Waals surface area contributed by atoms with Crippen LogP contribution in [0.25, 0.3) is 0 Å².